The molecule has 0 aliphatic carbocycles. The van der Waals surface area contributed by atoms with E-state index in [1.807, 2.05) is 98.8 Å². The summed E-state index contributed by atoms with van der Waals surface area (Å²) in [5, 5.41) is 0. The molecule has 3 heterocycles. The Kier molecular flexibility index (Phi) is 14.3. The molecular formula is C40H49N3O4. The summed E-state index contributed by atoms with van der Waals surface area (Å²) in [4.78, 5) is 29.8. The molecule has 0 radical (unpaired) electrons. The highest BCUT2D eigenvalue weighted by atomic mass is 16.6. The maximum Gasteiger partial charge on any atom is 0.410 e. The van der Waals surface area contributed by atoms with E-state index in [1.54, 1.807) is 9.80 Å². The highest BCUT2D eigenvalue weighted by molar-refractivity contribution is 5.69. The van der Waals surface area contributed by atoms with Crippen LogP contribution in [0.4, 0.5) is 9.59 Å². The monoisotopic (exact) mass is 635 g/mol. The number of carbonyl (C=O) groups excluding carboxylic acids is 2. The molecule has 1 saturated heterocycles. The second-order valence-electron chi connectivity index (χ2n) is 11.7. The van der Waals surface area contributed by atoms with E-state index in [1.165, 1.54) is 54.6 Å². The van der Waals surface area contributed by atoms with Gasteiger partial charge in [0.2, 0.25) is 0 Å². The van der Waals surface area contributed by atoms with Crippen LogP contribution in [0.15, 0.2) is 109 Å². The summed E-state index contributed by atoms with van der Waals surface area (Å²) in [6, 6.07) is 35.7. The van der Waals surface area contributed by atoms with Gasteiger partial charge in [-0.3, -0.25) is 9.80 Å². The van der Waals surface area contributed by atoms with Crippen molar-refractivity contribution < 1.29 is 19.1 Å². The zero-order chi connectivity index (χ0) is 33.3. The molecule has 4 aromatic carbocycles. The van der Waals surface area contributed by atoms with Gasteiger partial charge >= 0.3 is 12.2 Å². The largest absolute Gasteiger partial charge is 0.445 e. The van der Waals surface area contributed by atoms with Gasteiger partial charge in [-0.25, -0.2) is 9.59 Å². The number of hydrogen-bond donors (Lipinski definition) is 0. The molecule has 1 fully saturated rings. The van der Waals surface area contributed by atoms with Crippen molar-refractivity contribution in [1.82, 2.24) is 14.7 Å². The summed E-state index contributed by atoms with van der Waals surface area (Å²) in [6.07, 6.45) is 3.78. The van der Waals surface area contributed by atoms with Gasteiger partial charge in [0.05, 0.1) is 0 Å². The summed E-state index contributed by atoms with van der Waals surface area (Å²) in [5.74, 6) is 0. The van der Waals surface area contributed by atoms with Gasteiger partial charge in [-0.2, -0.15) is 0 Å². The fourth-order valence-corrected chi connectivity index (χ4v) is 5.60. The Bertz CT molecular complexity index is 1350. The molecule has 3 aliphatic rings. The van der Waals surface area contributed by atoms with Crippen molar-refractivity contribution in [1.29, 1.82) is 0 Å². The third kappa shape index (κ3) is 11.3. The lowest BCUT2D eigenvalue weighted by Crippen LogP contribution is -2.25. The van der Waals surface area contributed by atoms with E-state index in [-0.39, 0.29) is 12.2 Å². The van der Waals surface area contributed by atoms with Crippen LogP contribution in [0.5, 0.6) is 0 Å². The van der Waals surface area contributed by atoms with Gasteiger partial charge in [0.25, 0.3) is 0 Å². The summed E-state index contributed by atoms with van der Waals surface area (Å²) < 4.78 is 10.7. The number of benzene rings is 4. The molecule has 47 heavy (non-hydrogen) atoms. The number of rotatable bonds is 4. The third-order valence-electron chi connectivity index (χ3n) is 8.19. The van der Waals surface area contributed by atoms with Crippen LogP contribution in [0.3, 0.4) is 0 Å². The number of nitrogens with zero attached hydrogens (tertiary/aromatic N) is 3. The van der Waals surface area contributed by atoms with Crippen molar-refractivity contribution in [3.8, 4) is 0 Å². The van der Waals surface area contributed by atoms with Crippen molar-refractivity contribution >= 4 is 12.2 Å². The fraction of sp³-hybridized carbons (Fsp3) is 0.350. The predicted molar refractivity (Wildman–Crippen MR) is 187 cm³/mol. The second kappa shape index (κ2) is 19.1. The molecule has 7 heteroatoms. The van der Waals surface area contributed by atoms with Gasteiger partial charge in [-0.15, -0.1) is 0 Å². The molecule has 7 rings (SSSR count). The number of likely N-dealkylation sites (tertiary alicyclic amines) is 1. The number of carbonyl (C=O) groups is 2. The Labute approximate surface area is 280 Å². The molecule has 3 aliphatic heterocycles. The standard InChI is InChI=1S/2C16H15NO2.C6H13N.C2H6/c2*18-16(19-12-13-6-2-1-3-7-13)17-10-14-8-4-5-9-15(14)11-17;1-7-5-3-2-4-6-7;1-2/h2*1-9H,10-12H2;2-6H2,1H3;1-2H3. The van der Waals surface area contributed by atoms with Gasteiger partial charge < -0.3 is 14.4 Å². The second-order valence-corrected chi connectivity index (χ2v) is 11.7. The van der Waals surface area contributed by atoms with E-state index < -0.39 is 0 Å². The lowest BCUT2D eigenvalue weighted by Gasteiger charge is -2.20. The summed E-state index contributed by atoms with van der Waals surface area (Å²) in [5.41, 5.74) is 6.84. The van der Waals surface area contributed by atoms with E-state index in [0.29, 0.717) is 39.4 Å². The first kappa shape index (κ1) is 35.2. The number of amides is 2. The van der Waals surface area contributed by atoms with E-state index in [4.69, 9.17) is 9.47 Å². The molecule has 2 amide bonds. The molecule has 248 valence electrons. The number of piperidine rings is 1. The summed E-state index contributed by atoms with van der Waals surface area (Å²) >= 11 is 0. The lowest BCUT2D eigenvalue weighted by molar-refractivity contribution is 0.0949. The molecule has 0 spiro atoms. The first-order chi connectivity index (χ1) is 23.0. The van der Waals surface area contributed by atoms with Crippen molar-refractivity contribution in [3.05, 3.63) is 143 Å². The van der Waals surface area contributed by atoms with Crippen LogP contribution in [0.25, 0.3) is 0 Å². The summed E-state index contributed by atoms with van der Waals surface area (Å²) in [7, 11) is 2.19. The summed E-state index contributed by atoms with van der Waals surface area (Å²) in [6.45, 7) is 9.86. The molecule has 0 bridgehead atoms. The van der Waals surface area contributed by atoms with Gasteiger partial charge in [0.1, 0.15) is 13.2 Å². The molecule has 0 saturated carbocycles. The Hall–Kier alpha value is -4.62. The first-order valence-corrected chi connectivity index (χ1v) is 16.8. The molecule has 0 unspecified atom stereocenters. The van der Waals surface area contributed by atoms with Crippen LogP contribution in [0, 0.1) is 0 Å². The minimum atomic E-state index is -0.250. The van der Waals surface area contributed by atoms with Crippen LogP contribution in [-0.2, 0) is 48.9 Å². The molecular weight excluding hydrogens is 586 g/mol. The minimum absolute atomic E-state index is 0.250. The lowest BCUT2D eigenvalue weighted by atomic mass is 10.1. The average Bonchev–Trinajstić information content (AvgIpc) is 3.78. The zero-order valence-electron chi connectivity index (χ0n) is 28.1. The van der Waals surface area contributed by atoms with E-state index in [0.717, 1.165) is 11.1 Å². The number of ether oxygens (including phenoxy) is 2. The normalized spacial score (nSPS) is 14.5. The van der Waals surface area contributed by atoms with E-state index >= 15 is 0 Å². The predicted octanol–water partition coefficient (Wildman–Crippen LogP) is 8.81. The van der Waals surface area contributed by atoms with Crippen molar-refractivity contribution in [2.75, 3.05) is 20.1 Å². The Morgan fingerprint density at radius 3 is 1.13 bits per heavy atom. The van der Waals surface area contributed by atoms with Gasteiger partial charge in [0, 0.05) is 26.2 Å². The van der Waals surface area contributed by atoms with Crippen LogP contribution >= 0.6 is 0 Å². The van der Waals surface area contributed by atoms with E-state index in [2.05, 4.69) is 36.2 Å². The third-order valence-corrected chi connectivity index (χ3v) is 8.19. The topological polar surface area (TPSA) is 62.3 Å². The molecule has 4 aromatic rings. The Morgan fingerprint density at radius 1 is 0.511 bits per heavy atom. The SMILES string of the molecule is CC.CN1CCCCC1.O=C(OCc1ccccc1)N1Cc2ccccc2C1.O=C(OCc1ccccc1)N1Cc2ccccc2C1. The van der Waals surface area contributed by atoms with Crippen molar-refractivity contribution in [2.24, 2.45) is 0 Å². The maximum atomic E-state index is 12.0. The van der Waals surface area contributed by atoms with E-state index in [9.17, 15) is 9.59 Å². The molecule has 0 aromatic heterocycles. The van der Waals surface area contributed by atoms with Gasteiger partial charge in [-0.05, 0) is 66.4 Å². The molecule has 0 atom stereocenters. The van der Waals surface area contributed by atoms with Crippen LogP contribution in [-0.4, -0.2) is 47.0 Å². The number of fused-ring (bicyclic) bond motifs is 2. The van der Waals surface area contributed by atoms with Crippen LogP contribution < -0.4 is 0 Å². The maximum absolute atomic E-state index is 12.0. The molecule has 0 N–H and O–H groups in total. The van der Waals surface area contributed by atoms with Gasteiger partial charge in [-0.1, -0.05) is 129 Å². The quantitative estimate of drug-likeness (QED) is 0.224. The molecule has 7 nitrogen and oxygen atoms in total. The average molecular weight is 636 g/mol. The minimum Gasteiger partial charge on any atom is -0.445 e. The van der Waals surface area contributed by atoms with Crippen molar-refractivity contribution in [3.63, 3.8) is 0 Å². The highest BCUT2D eigenvalue weighted by Gasteiger charge is 2.25. The number of hydrogen-bond acceptors (Lipinski definition) is 5. The Balaban J connectivity index is 0.000000170. The fourth-order valence-electron chi connectivity index (χ4n) is 5.60. The van der Waals surface area contributed by atoms with Crippen LogP contribution in [0.1, 0.15) is 66.5 Å². The van der Waals surface area contributed by atoms with Crippen LogP contribution in [0.2, 0.25) is 0 Å². The van der Waals surface area contributed by atoms with Crippen molar-refractivity contribution in [2.45, 2.75) is 72.5 Å². The zero-order valence-corrected chi connectivity index (χ0v) is 28.1. The Morgan fingerprint density at radius 2 is 0.830 bits per heavy atom. The first-order valence-electron chi connectivity index (χ1n) is 16.8. The smallest absolute Gasteiger partial charge is 0.410 e. The van der Waals surface area contributed by atoms with Gasteiger partial charge in [0.15, 0.2) is 0 Å². The highest BCUT2D eigenvalue weighted by Crippen LogP contribution is 2.24.